The minimum Gasteiger partial charge on any atom is -0.379 e. The van der Waals surface area contributed by atoms with E-state index in [1.807, 2.05) is 29.7 Å². The van der Waals surface area contributed by atoms with Gasteiger partial charge in [-0.3, -0.25) is 19.8 Å². The van der Waals surface area contributed by atoms with E-state index in [1.165, 1.54) is 12.1 Å². The maximum absolute atomic E-state index is 13.6. The van der Waals surface area contributed by atoms with Gasteiger partial charge in [-0.05, 0) is 56.5 Å². The second kappa shape index (κ2) is 13.2. The molecule has 1 N–H and O–H groups in total. The van der Waals surface area contributed by atoms with Crippen molar-refractivity contribution >= 4 is 40.1 Å². The van der Waals surface area contributed by atoms with Crippen LogP contribution in [-0.4, -0.2) is 82.3 Å². The molecule has 1 aromatic carbocycles. The lowest BCUT2D eigenvalue weighted by Crippen LogP contribution is -2.44. The lowest BCUT2D eigenvalue weighted by molar-refractivity contribution is -0.128. The Balaban J connectivity index is 1.29. The van der Waals surface area contributed by atoms with Crippen LogP contribution in [0.3, 0.4) is 0 Å². The number of rotatable bonds is 9. The molecule has 6 rings (SSSR count). The Morgan fingerprint density at radius 2 is 1.98 bits per heavy atom. The SMILES string of the molecule is CC1CN(Cc2ccc3c(c2)nc(NC(=O)c2ccc(C(F)F)s2)n3C[C@H]2CCCN2C(=O)/C(C#N)=C\C2(C)COC2)CC(C)O1. The fourth-order valence-electron chi connectivity index (χ4n) is 6.64. The Morgan fingerprint density at radius 3 is 2.63 bits per heavy atom. The van der Waals surface area contributed by atoms with Crippen LogP contribution < -0.4 is 5.32 Å². The molecule has 244 valence electrons. The van der Waals surface area contributed by atoms with Crippen molar-refractivity contribution in [2.75, 3.05) is 38.2 Å². The van der Waals surface area contributed by atoms with Crippen LogP contribution in [0, 0.1) is 16.7 Å². The number of fused-ring (bicyclic) bond motifs is 1. The molecule has 3 aliphatic heterocycles. The summed E-state index contributed by atoms with van der Waals surface area (Å²) in [6.07, 6.45) is 0.815. The topological polar surface area (TPSA) is 113 Å². The van der Waals surface area contributed by atoms with E-state index in [-0.39, 0.29) is 50.8 Å². The lowest BCUT2D eigenvalue weighted by atomic mass is 9.86. The standard InChI is InChI=1S/C33H38F2N6O4S/c1-20-14-39(15-21(2)45-20)16-22-6-7-26-25(11-22)37-32(38-30(42)28-9-8-27(46-28)29(34)35)41(26)17-24-5-4-10-40(24)31(43)23(13-36)12-33(3)18-44-19-33/h6-9,11-12,20-21,24,29H,4-5,10,14-19H2,1-3H3,(H,37,38,42)/b23-12-/t20?,21?,24-/m1/s1. The molecule has 0 aliphatic carbocycles. The lowest BCUT2D eigenvalue weighted by Gasteiger charge is -2.35. The van der Waals surface area contributed by atoms with Gasteiger partial charge in [0.05, 0.1) is 52.3 Å². The van der Waals surface area contributed by atoms with Crippen molar-refractivity contribution in [3.8, 4) is 6.07 Å². The minimum absolute atomic E-state index is 0.102. The third kappa shape index (κ3) is 6.85. The number of alkyl halides is 2. The van der Waals surface area contributed by atoms with E-state index in [2.05, 4.69) is 30.1 Å². The predicted octanol–water partition coefficient (Wildman–Crippen LogP) is 5.37. The van der Waals surface area contributed by atoms with Crippen LogP contribution in [0.1, 0.15) is 60.2 Å². The third-order valence-corrected chi connectivity index (χ3v) is 9.83. The Hall–Kier alpha value is -3.70. The highest BCUT2D eigenvalue weighted by molar-refractivity contribution is 7.14. The number of halogens is 2. The number of carbonyl (C=O) groups excluding carboxylic acids is 2. The third-order valence-electron chi connectivity index (χ3n) is 8.74. The van der Waals surface area contributed by atoms with Crippen LogP contribution in [0.5, 0.6) is 0 Å². The minimum atomic E-state index is -2.66. The number of anilines is 1. The molecule has 3 atom stereocenters. The summed E-state index contributed by atoms with van der Waals surface area (Å²) in [7, 11) is 0. The zero-order valence-corrected chi connectivity index (χ0v) is 27.0. The number of ether oxygens (including phenoxy) is 2. The number of aromatic nitrogens is 2. The molecule has 2 aromatic heterocycles. The number of hydrogen-bond acceptors (Lipinski definition) is 8. The van der Waals surface area contributed by atoms with Crippen molar-refractivity contribution < 1.29 is 27.8 Å². The smallest absolute Gasteiger partial charge is 0.272 e. The second-order valence-corrected chi connectivity index (χ2v) is 14.0. The van der Waals surface area contributed by atoms with E-state index in [9.17, 15) is 23.6 Å². The summed E-state index contributed by atoms with van der Waals surface area (Å²) >= 11 is 0.744. The van der Waals surface area contributed by atoms with Gasteiger partial charge < -0.3 is 18.9 Å². The molecule has 2 unspecified atom stereocenters. The quantitative estimate of drug-likeness (QED) is 0.244. The monoisotopic (exact) mass is 652 g/mol. The number of morpholine rings is 1. The summed E-state index contributed by atoms with van der Waals surface area (Å²) in [5, 5.41) is 12.7. The van der Waals surface area contributed by atoms with Gasteiger partial charge in [0.25, 0.3) is 18.2 Å². The molecule has 10 nitrogen and oxygen atoms in total. The molecular weight excluding hydrogens is 614 g/mol. The van der Waals surface area contributed by atoms with Gasteiger partial charge in [-0.25, -0.2) is 13.8 Å². The van der Waals surface area contributed by atoms with Crippen molar-refractivity contribution in [3.05, 3.63) is 57.3 Å². The van der Waals surface area contributed by atoms with Gasteiger partial charge in [0.1, 0.15) is 11.6 Å². The van der Waals surface area contributed by atoms with Gasteiger partial charge in [-0.15, -0.1) is 11.3 Å². The number of nitrogens with zero attached hydrogens (tertiary/aromatic N) is 5. The van der Waals surface area contributed by atoms with E-state index in [0.29, 0.717) is 44.8 Å². The fraction of sp³-hybridized carbons (Fsp3) is 0.515. The van der Waals surface area contributed by atoms with Gasteiger partial charge in [0.2, 0.25) is 5.95 Å². The normalized spacial score (nSPS) is 23.5. The van der Waals surface area contributed by atoms with Crippen molar-refractivity contribution in [3.63, 3.8) is 0 Å². The van der Waals surface area contributed by atoms with Crippen molar-refractivity contribution in [1.29, 1.82) is 5.26 Å². The van der Waals surface area contributed by atoms with Crippen LogP contribution >= 0.6 is 11.3 Å². The van der Waals surface area contributed by atoms with Crippen LogP contribution in [0.4, 0.5) is 14.7 Å². The Kier molecular flexibility index (Phi) is 9.25. The van der Waals surface area contributed by atoms with Crippen LogP contribution in [0.25, 0.3) is 11.0 Å². The highest BCUT2D eigenvalue weighted by atomic mass is 32.1. The van der Waals surface area contributed by atoms with Crippen molar-refractivity contribution in [2.24, 2.45) is 5.41 Å². The summed E-state index contributed by atoms with van der Waals surface area (Å²) in [6, 6.07) is 10.5. The number of carbonyl (C=O) groups is 2. The first kappa shape index (κ1) is 32.2. The first-order chi connectivity index (χ1) is 22.0. The molecule has 5 heterocycles. The number of hydrogen-bond donors (Lipinski definition) is 1. The highest BCUT2D eigenvalue weighted by Gasteiger charge is 2.36. The fourth-order valence-corrected chi connectivity index (χ4v) is 7.40. The summed E-state index contributed by atoms with van der Waals surface area (Å²) in [6.45, 7) is 10.2. The average molecular weight is 653 g/mol. The Labute approximate surface area is 270 Å². The zero-order chi connectivity index (χ0) is 32.6. The molecule has 13 heteroatoms. The molecule has 3 aromatic rings. The zero-order valence-electron chi connectivity index (χ0n) is 26.2. The number of nitriles is 1. The largest absolute Gasteiger partial charge is 0.379 e. The van der Waals surface area contributed by atoms with Crippen LogP contribution in [0.15, 0.2) is 42.0 Å². The summed E-state index contributed by atoms with van der Waals surface area (Å²) < 4.78 is 39.5. The maximum Gasteiger partial charge on any atom is 0.272 e. The molecule has 0 spiro atoms. The Bertz CT molecular complexity index is 1680. The van der Waals surface area contributed by atoms with Gasteiger partial charge in [-0.1, -0.05) is 19.1 Å². The predicted molar refractivity (Wildman–Crippen MR) is 170 cm³/mol. The summed E-state index contributed by atoms with van der Waals surface area (Å²) in [5.74, 6) is -0.579. The summed E-state index contributed by atoms with van der Waals surface area (Å²) in [4.78, 5) is 35.7. The first-order valence-corrected chi connectivity index (χ1v) is 16.4. The van der Waals surface area contributed by atoms with E-state index in [1.54, 1.807) is 11.0 Å². The van der Waals surface area contributed by atoms with Gasteiger partial charge in [-0.2, -0.15) is 5.26 Å². The Morgan fingerprint density at radius 1 is 1.22 bits per heavy atom. The van der Waals surface area contributed by atoms with Gasteiger partial charge >= 0.3 is 0 Å². The maximum atomic E-state index is 13.6. The number of amides is 2. The van der Waals surface area contributed by atoms with E-state index in [0.717, 1.165) is 41.9 Å². The summed E-state index contributed by atoms with van der Waals surface area (Å²) in [5.41, 5.74) is 2.27. The molecule has 0 saturated carbocycles. The van der Waals surface area contributed by atoms with Gasteiger partial charge in [0.15, 0.2) is 0 Å². The highest BCUT2D eigenvalue weighted by Crippen LogP contribution is 2.32. The van der Waals surface area contributed by atoms with Crippen LogP contribution in [-0.2, 0) is 27.4 Å². The second-order valence-electron chi connectivity index (χ2n) is 12.9. The van der Waals surface area contributed by atoms with Crippen LogP contribution in [0.2, 0.25) is 0 Å². The van der Waals surface area contributed by atoms with E-state index >= 15 is 0 Å². The molecule has 0 radical (unpaired) electrons. The molecule has 2 amide bonds. The molecule has 3 aliphatic rings. The number of nitrogens with one attached hydrogen (secondary N) is 1. The molecule has 0 bridgehead atoms. The number of thiophene rings is 1. The first-order valence-electron chi connectivity index (χ1n) is 15.6. The number of likely N-dealkylation sites (tertiary alicyclic amines) is 1. The van der Waals surface area contributed by atoms with Crippen molar-refractivity contribution in [2.45, 2.75) is 71.4 Å². The molecule has 3 saturated heterocycles. The molecule has 46 heavy (non-hydrogen) atoms. The van der Waals surface area contributed by atoms with Crippen molar-refractivity contribution in [1.82, 2.24) is 19.4 Å². The van der Waals surface area contributed by atoms with E-state index in [4.69, 9.17) is 14.5 Å². The number of imidazole rings is 1. The average Bonchev–Trinajstić information content (AvgIpc) is 3.74. The molecular formula is C33H38F2N6O4S. The van der Waals surface area contributed by atoms with Gasteiger partial charge in [0, 0.05) is 38.1 Å². The van der Waals surface area contributed by atoms with E-state index < -0.39 is 12.3 Å². The molecule has 3 fully saturated rings. The number of benzene rings is 1.